The predicted molar refractivity (Wildman–Crippen MR) is 65.7 cm³/mol. The monoisotopic (exact) mass is 238 g/mol. The number of oxime groups is 1. The molecule has 0 saturated carbocycles. The molecule has 0 heterocycles. The van der Waals surface area contributed by atoms with Crippen LogP contribution in [-0.4, -0.2) is 35.2 Å². The van der Waals surface area contributed by atoms with E-state index in [2.05, 4.69) is 5.16 Å². The zero-order valence-electron chi connectivity index (χ0n) is 9.25. The zero-order valence-corrected chi connectivity index (χ0v) is 10.1. The lowest BCUT2D eigenvalue weighted by Gasteiger charge is -2.10. The van der Waals surface area contributed by atoms with Crippen LogP contribution in [0.5, 0.6) is 0 Å². The van der Waals surface area contributed by atoms with Crippen molar-refractivity contribution in [3.05, 3.63) is 35.9 Å². The number of amides is 1. The molecule has 0 aromatic heterocycles. The Morgan fingerprint density at radius 1 is 1.38 bits per heavy atom. The molecule has 1 aromatic carbocycles. The molecule has 0 radical (unpaired) electrons. The lowest BCUT2D eigenvalue weighted by Crippen LogP contribution is -2.28. The van der Waals surface area contributed by atoms with Crippen molar-refractivity contribution in [3.63, 3.8) is 0 Å². The SMILES string of the molecule is CN(C)C(=O)/C(=N/O)SCc1ccccc1. The number of carbonyl (C=O) groups excluding carboxylic acids is 1. The molecule has 5 heteroatoms. The summed E-state index contributed by atoms with van der Waals surface area (Å²) in [5, 5.41) is 11.9. The predicted octanol–water partition coefficient (Wildman–Crippen LogP) is 1.80. The number of hydrogen-bond donors (Lipinski definition) is 1. The van der Waals surface area contributed by atoms with Crippen LogP contribution in [0.15, 0.2) is 35.5 Å². The Hall–Kier alpha value is -1.49. The highest BCUT2D eigenvalue weighted by Gasteiger charge is 2.14. The minimum absolute atomic E-state index is 0.105. The molecule has 0 aliphatic heterocycles. The molecule has 0 fully saturated rings. The van der Waals surface area contributed by atoms with E-state index in [4.69, 9.17) is 5.21 Å². The first kappa shape index (κ1) is 12.6. The third kappa shape index (κ3) is 3.58. The van der Waals surface area contributed by atoms with Gasteiger partial charge in [-0.25, -0.2) is 0 Å². The first-order valence-electron chi connectivity index (χ1n) is 4.75. The second-order valence-electron chi connectivity index (χ2n) is 3.38. The van der Waals surface area contributed by atoms with Gasteiger partial charge in [0.05, 0.1) is 0 Å². The molecule has 4 nitrogen and oxygen atoms in total. The molecule has 0 bridgehead atoms. The van der Waals surface area contributed by atoms with E-state index in [0.717, 1.165) is 5.56 Å². The van der Waals surface area contributed by atoms with E-state index in [1.165, 1.54) is 16.7 Å². The van der Waals surface area contributed by atoms with Gasteiger partial charge >= 0.3 is 0 Å². The standard InChI is InChI=1S/C11H14N2O2S/c1-13(2)11(14)10(12-15)16-8-9-6-4-3-5-7-9/h3-7,15H,8H2,1-2H3/b12-10-. The molecule has 1 N–H and O–H groups in total. The van der Waals surface area contributed by atoms with Crippen LogP contribution in [0.1, 0.15) is 5.56 Å². The maximum Gasteiger partial charge on any atom is 0.282 e. The number of nitrogens with zero attached hydrogens (tertiary/aromatic N) is 2. The van der Waals surface area contributed by atoms with Gasteiger partial charge in [0.15, 0.2) is 0 Å². The Morgan fingerprint density at radius 2 is 2.00 bits per heavy atom. The Morgan fingerprint density at radius 3 is 2.50 bits per heavy atom. The third-order valence-electron chi connectivity index (χ3n) is 1.90. The molecular formula is C11H14N2O2S. The Bertz CT molecular complexity index is 377. The summed E-state index contributed by atoms with van der Waals surface area (Å²) >= 11 is 1.22. The van der Waals surface area contributed by atoms with Gasteiger partial charge in [-0.2, -0.15) is 0 Å². The summed E-state index contributed by atoms with van der Waals surface area (Å²) in [4.78, 5) is 12.9. The molecule has 1 rings (SSSR count). The smallest absolute Gasteiger partial charge is 0.282 e. The Balaban J connectivity index is 2.57. The first-order chi connectivity index (χ1) is 7.65. The van der Waals surface area contributed by atoms with Gasteiger partial charge < -0.3 is 10.1 Å². The van der Waals surface area contributed by atoms with E-state index in [0.29, 0.717) is 5.75 Å². The zero-order chi connectivity index (χ0) is 12.0. The van der Waals surface area contributed by atoms with Gasteiger partial charge in [-0.3, -0.25) is 4.79 Å². The largest absolute Gasteiger partial charge is 0.410 e. The lowest BCUT2D eigenvalue weighted by molar-refractivity contribution is -0.121. The topological polar surface area (TPSA) is 52.9 Å². The van der Waals surface area contributed by atoms with Crippen LogP contribution in [0.3, 0.4) is 0 Å². The van der Waals surface area contributed by atoms with Crippen molar-refractivity contribution in [2.75, 3.05) is 14.1 Å². The third-order valence-corrected chi connectivity index (χ3v) is 2.91. The van der Waals surface area contributed by atoms with Crippen LogP contribution >= 0.6 is 11.8 Å². The first-order valence-corrected chi connectivity index (χ1v) is 5.74. The number of benzene rings is 1. The van der Waals surface area contributed by atoms with Crippen LogP contribution < -0.4 is 0 Å². The Labute approximate surface area is 98.9 Å². The molecule has 0 atom stereocenters. The van der Waals surface area contributed by atoms with Crippen molar-refractivity contribution in [2.45, 2.75) is 5.75 Å². The summed E-state index contributed by atoms with van der Waals surface area (Å²) in [5.74, 6) is 0.322. The lowest BCUT2D eigenvalue weighted by atomic mass is 10.2. The average molecular weight is 238 g/mol. The van der Waals surface area contributed by atoms with Crippen LogP contribution in [0.2, 0.25) is 0 Å². The number of carbonyl (C=O) groups is 1. The molecule has 0 saturated heterocycles. The fourth-order valence-corrected chi connectivity index (χ4v) is 1.91. The van der Waals surface area contributed by atoms with Crippen molar-refractivity contribution in [2.24, 2.45) is 5.16 Å². The highest BCUT2D eigenvalue weighted by Crippen LogP contribution is 2.14. The van der Waals surface area contributed by atoms with Gasteiger partial charge in [0.25, 0.3) is 5.91 Å². The molecule has 16 heavy (non-hydrogen) atoms. The van der Waals surface area contributed by atoms with Crippen molar-refractivity contribution >= 4 is 22.7 Å². The summed E-state index contributed by atoms with van der Waals surface area (Å²) in [6, 6.07) is 9.71. The summed E-state index contributed by atoms with van der Waals surface area (Å²) in [6.07, 6.45) is 0. The average Bonchev–Trinajstić information content (AvgIpc) is 2.30. The van der Waals surface area contributed by atoms with Crippen molar-refractivity contribution in [1.82, 2.24) is 4.90 Å². The molecule has 86 valence electrons. The number of thioether (sulfide) groups is 1. The maximum absolute atomic E-state index is 11.5. The van der Waals surface area contributed by atoms with Crippen LogP contribution in [0.4, 0.5) is 0 Å². The normalized spacial score (nSPS) is 11.2. The summed E-state index contributed by atoms with van der Waals surface area (Å²) in [6.45, 7) is 0. The van der Waals surface area contributed by atoms with Gasteiger partial charge in [0.2, 0.25) is 5.04 Å². The van der Waals surface area contributed by atoms with Crippen molar-refractivity contribution < 1.29 is 10.0 Å². The highest BCUT2D eigenvalue weighted by atomic mass is 32.2. The van der Waals surface area contributed by atoms with Crippen LogP contribution in [0.25, 0.3) is 0 Å². The van der Waals surface area contributed by atoms with Crippen molar-refractivity contribution in [1.29, 1.82) is 0 Å². The van der Waals surface area contributed by atoms with Crippen molar-refractivity contribution in [3.8, 4) is 0 Å². The van der Waals surface area contributed by atoms with E-state index in [1.54, 1.807) is 14.1 Å². The summed E-state index contributed by atoms with van der Waals surface area (Å²) in [7, 11) is 3.24. The molecule has 0 aliphatic rings. The second-order valence-corrected chi connectivity index (χ2v) is 4.34. The van der Waals surface area contributed by atoms with E-state index >= 15 is 0 Å². The molecule has 0 unspecified atom stereocenters. The van der Waals surface area contributed by atoms with Gasteiger partial charge in [-0.15, -0.1) is 0 Å². The molecule has 0 aliphatic carbocycles. The number of hydrogen-bond acceptors (Lipinski definition) is 4. The van der Waals surface area contributed by atoms with Crippen LogP contribution in [0, 0.1) is 0 Å². The van der Waals surface area contributed by atoms with Gasteiger partial charge in [-0.05, 0) is 5.56 Å². The highest BCUT2D eigenvalue weighted by molar-refractivity contribution is 8.15. The number of rotatable bonds is 2. The summed E-state index contributed by atoms with van der Waals surface area (Å²) < 4.78 is 0. The maximum atomic E-state index is 11.5. The van der Waals surface area contributed by atoms with Gasteiger partial charge in [-0.1, -0.05) is 47.2 Å². The molecule has 0 spiro atoms. The molecular weight excluding hydrogens is 224 g/mol. The Kier molecular flexibility index (Phi) is 4.85. The van der Waals surface area contributed by atoms with E-state index in [9.17, 15) is 4.79 Å². The minimum atomic E-state index is -0.288. The fourth-order valence-electron chi connectivity index (χ4n) is 1.05. The quantitative estimate of drug-likeness (QED) is 0.370. The summed E-state index contributed by atoms with van der Waals surface area (Å²) in [5.41, 5.74) is 1.08. The second kappa shape index (κ2) is 6.17. The van der Waals surface area contributed by atoms with Gasteiger partial charge in [0.1, 0.15) is 0 Å². The van der Waals surface area contributed by atoms with Gasteiger partial charge in [0, 0.05) is 19.8 Å². The minimum Gasteiger partial charge on any atom is -0.410 e. The van der Waals surface area contributed by atoms with E-state index in [-0.39, 0.29) is 11.0 Å². The molecule has 1 amide bonds. The fraction of sp³-hybridized carbons (Fsp3) is 0.273. The van der Waals surface area contributed by atoms with Crippen LogP contribution in [-0.2, 0) is 10.5 Å². The van der Waals surface area contributed by atoms with E-state index < -0.39 is 0 Å². The molecule has 1 aromatic rings. The van der Waals surface area contributed by atoms with E-state index in [1.807, 2.05) is 30.3 Å².